The predicted octanol–water partition coefficient (Wildman–Crippen LogP) is 2.51. The monoisotopic (exact) mass is 297 g/mol. The Morgan fingerprint density at radius 1 is 1.05 bits per heavy atom. The second-order valence-electron chi connectivity index (χ2n) is 5.60. The minimum atomic E-state index is -0.473. The number of pyridine rings is 1. The molecule has 0 spiro atoms. The summed E-state index contributed by atoms with van der Waals surface area (Å²) in [6.45, 7) is 0. The van der Waals surface area contributed by atoms with E-state index in [4.69, 9.17) is 14.8 Å². The third kappa shape index (κ3) is 2.19. The van der Waals surface area contributed by atoms with Crippen molar-refractivity contribution in [3.05, 3.63) is 36.4 Å². The van der Waals surface area contributed by atoms with E-state index < -0.39 is 5.54 Å². The maximum absolute atomic E-state index is 6.33. The van der Waals surface area contributed by atoms with Crippen molar-refractivity contribution in [2.45, 2.75) is 31.2 Å². The fourth-order valence-electron chi connectivity index (χ4n) is 2.79. The van der Waals surface area contributed by atoms with Crippen LogP contribution in [0, 0.1) is 0 Å². The Kier molecular flexibility index (Phi) is 3.00. The van der Waals surface area contributed by atoms with Crippen molar-refractivity contribution in [2.75, 3.05) is 0 Å². The number of hydrogen-bond donors (Lipinski definition) is 1. The molecule has 0 bridgehead atoms. The average molecular weight is 297 g/mol. The van der Waals surface area contributed by atoms with Gasteiger partial charge < -0.3 is 14.8 Å². The highest BCUT2D eigenvalue weighted by Crippen LogP contribution is 2.35. The fraction of sp³-hybridized carbons (Fsp3) is 0.333. The molecule has 2 N–H and O–H groups in total. The Morgan fingerprint density at radius 2 is 1.82 bits per heavy atom. The summed E-state index contributed by atoms with van der Waals surface area (Å²) >= 11 is 0. The van der Waals surface area contributed by atoms with E-state index in [0.29, 0.717) is 23.2 Å². The van der Waals surface area contributed by atoms with Crippen LogP contribution in [-0.4, -0.2) is 20.3 Å². The van der Waals surface area contributed by atoms with E-state index in [-0.39, 0.29) is 0 Å². The molecule has 3 aromatic rings. The molecule has 0 saturated heterocycles. The van der Waals surface area contributed by atoms with Gasteiger partial charge in [0.15, 0.2) is 17.3 Å². The zero-order chi connectivity index (χ0) is 15.0. The third-order valence-electron chi connectivity index (χ3n) is 4.06. The Bertz CT molecular complexity index is 774. The van der Waals surface area contributed by atoms with E-state index in [1.54, 1.807) is 18.5 Å². The molecular weight excluding hydrogens is 282 g/mol. The quantitative estimate of drug-likeness (QED) is 0.792. The summed E-state index contributed by atoms with van der Waals surface area (Å²) in [7, 11) is 0. The van der Waals surface area contributed by atoms with Crippen molar-refractivity contribution >= 4 is 0 Å². The first-order chi connectivity index (χ1) is 10.7. The smallest absolute Gasteiger partial charge is 0.280 e. The van der Waals surface area contributed by atoms with E-state index in [1.165, 1.54) is 0 Å². The Labute approximate surface area is 126 Å². The largest absolute Gasteiger partial charge is 0.355 e. The molecule has 0 aromatic carbocycles. The van der Waals surface area contributed by atoms with Gasteiger partial charge in [0.1, 0.15) is 0 Å². The van der Waals surface area contributed by atoms with Crippen molar-refractivity contribution in [2.24, 2.45) is 5.73 Å². The average Bonchev–Trinajstić information content (AvgIpc) is 3.28. The van der Waals surface area contributed by atoms with Crippen LogP contribution in [0.5, 0.6) is 0 Å². The Hall–Kier alpha value is -2.54. The number of aromatic nitrogens is 4. The Morgan fingerprint density at radius 3 is 2.59 bits per heavy atom. The van der Waals surface area contributed by atoms with Gasteiger partial charge >= 0.3 is 0 Å². The van der Waals surface area contributed by atoms with Gasteiger partial charge in [0, 0.05) is 24.0 Å². The first kappa shape index (κ1) is 13.1. The lowest BCUT2D eigenvalue weighted by molar-refractivity contribution is 0.370. The molecule has 4 rings (SSSR count). The number of nitrogens with two attached hydrogens (primary N) is 1. The molecule has 0 aliphatic heterocycles. The minimum absolute atomic E-state index is 0.329. The topological polar surface area (TPSA) is 104 Å². The van der Waals surface area contributed by atoms with Crippen LogP contribution in [0.4, 0.5) is 0 Å². The van der Waals surface area contributed by atoms with Crippen molar-refractivity contribution in [1.82, 2.24) is 20.3 Å². The van der Waals surface area contributed by atoms with Gasteiger partial charge in [-0.15, -0.1) is 0 Å². The molecule has 0 amide bonds. The van der Waals surface area contributed by atoms with Crippen LogP contribution in [0.15, 0.2) is 39.6 Å². The van der Waals surface area contributed by atoms with Gasteiger partial charge in [-0.3, -0.25) is 4.98 Å². The molecule has 1 aliphatic rings. The fourth-order valence-corrected chi connectivity index (χ4v) is 2.79. The first-order valence-electron chi connectivity index (χ1n) is 7.25. The molecule has 7 nitrogen and oxygen atoms in total. The molecule has 7 heteroatoms. The zero-order valence-corrected chi connectivity index (χ0v) is 11.9. The summed E-state index contributed by atoms with van der Waals surface area (Å²) in [5, 5.41) is 8.02. The molecule has 3 aromatic heterocycles. The molecule has 0 atom stereocenters. The summed E-state index contributed by atoms with van der Waals surface area (Å²) in [6, 6.07) is 5.46. The molecular formula is C15H15N5O2. The minimum Gasteiger partial charge on any atom is -0.355 e. The van der Waals surface area contributed by atoms with Crippen LogP contribution in [-0.2, 0) is 5.54 Å². The van der Waals surface area contributed by atoms with E-state index in [1.807, 2.05) is 12.1 Å². The predicted molar refractivity (Wildman–Crippen MR) is 77.4 cm³/mol. The van der Waals surface area contributed by atoms with Gasteiger partial charge in [-0.1, -0.05) is 23.2 Å². The highest BCUT2D eigenvalue weighted by Gasteiger charge is 2.36. The van der Waals surface area contributed by atoms with Crippen LogP contribution >= 0.6 is 0 Å². The van der Waals surface area contributed by atoms with Crippen LogP contribution in [0.2, 0.25) is 0 Å². The summed E-state index contributed by atoms with van der Waals surface area (Å²) in [5.41, 5.74) is 7.25. The van der Waals surface area contributed by atoms with Crippen LogP contribution < -0.4 is 5.73 Å². The molecule has 1 aliphatic carbocycles. The molecule has 1 fully saturated rings. The summed E-state index contributed by atoms with van der Waals surface area (Å²) in [5.74, 6) is 1.50. The summed E-state index contributed by atoms with van der Waals surface area (Å²) in [6.07, 6.45) is 7.34. The van der Waals surface area contributed by atoms with Crippen LogP contribution in [0.1, 0.15) is 31.5 Å². The van der Waals surface area contributed by atoms with Crippen molar-refractivity contribution in [3.8, 4) is 22.9 Å². The Balaban J connectivity index is 1.63. The lowest BCUT2D eigenvalue weighted by Crippen LogP contribution is -2.34. The molecule has 0 unspecified atom stereocenters. The van der Waals surface area contributed by atoms with Crippen molar-refractivity contribution in [1.29, 1.82) is 0 Å². The molecule has 22 heavy (non-hydrogen) atoms. The number of nitrogens with zero attached hydrogens (tertiary/aromatic N) is 4. The third-order valence-corrected chi connectivity index (χ3v) is 4.06. The molecule has 1 saturated carbocycles. The van der Waals surface area contributed by atoms with Crippen LogP contribution in [0.3, 0.4) is 0 Å². The van der Waals surface area contributed by atoms with Gasteiger partial charge in [-0.05, 0) is 25.0 Å². The van der Waals surface area contributed by atoms with Crippen molar-refractivity contribution < 1.29 is 9.05 Å². The second kappa shape index (κ2) is 5.03. The van der Waals surface area contributed by atoms with E-state index in [2.05, 4.69) is 20.3 Å². The van der Waals surface area contributed by atoms with Gasteiger partial charge in [0.05, 0.1) is 5.54 Å². The maximum Gasteiger partial charge on any atom is 0.280 e. The lowest BCUT2D eigenvalue weighted by Gasteiger charge is -2.17. The number of hydrogen-bond acceptors (Lipinski definition) is 7. The SMILES string of the molecule is NC1(c2noc(-c3cc(-c4ccncc4)on3)n2)CCCC1. The first-order valence-corrected chi connectivity index (χ1v) is 7.25. The highest BCUT2D eigenvalue weighted by molar-refractivity contribution is 5.61. The van der Waals surface area contributed by atoms with Gasteiger partial charge in [-0.25, -0.2) is 0 Å². The van der Waals surface area contributed by atoms with Crippen LogP contribution in [0.25, 0.3) is 22.9 Å². The van der Waals surface area contributed by atoms with Crippen molar-refractivity contribution in [3.63, 3.8) is 0 Å². The summed E-state index contributed by atoms with van der Waals surface area (Å²) in [4.78, 5) is 8.38. The van der Waals surface area contributed by atoms with Gasteiger partial charge in [0.25, 0.3) is 5.89 Å². The molecule has 3 heterocycles. The van der Waals surface area contributed by atoms with E-state index in [9.17, 15) is 0 Å². The molecule has 112 valence electrons. The summed E-state index contributed by atoms with van der Waals surface area (Å²) < 4.78 is 10.6. The van der Waals surface area contributed by atoms with Gasteiger partial charge in [-0.2, -0.15) is 4.98 Å². The normalized spacial score (nSPS) is 17.0. The van der Waals surface area contributed by atoms with E-state index in [0.717, 1.165) is 31.2 Å². The van der Waals surface area contributed by atoms with Gasteiger partial charge in [0.2, 0.25) is 0 Å². The number of rotatable bonds is 3. The zero-order valence-electron chi connectivity index (χ0n) is 11.9. The standard InChI is InChI=1S/C15H15N5O2/c16-15(5-1-2-6-15)14-18-13(22-20-14)11-9-12(21-19-11)10-3-7-17-8-4-10/h3-4,7-9H,1-2,5-6,16H2. The second-order valence-corrected chi connectivity index (χ2v) is 5.60. The molecule has 0 radical (unpaired) electrons. The maximum atomic E-state index is 6.33. The lowest BCUT2D eigenvalue weighted by atomic mass is 9.99. The highest BCUT2D eigenvalue weighted by atomic mass is 16.5. The van der Waals surface area contributed by atoms with E-state index >= 15 is 0 Å².